The second-order valence-corrected chi connectivity index (χ2v) is 7.51. The molecular weight excluding hydrogens is 290 g/mol. The molecule has 2 saturated carbocycles. The van der Waals surface area contributed by atoms with E-state index >= 15 is 0 Å². The third-order valence-electron chi connectivity index (χ3n) is 4.50. The quantitative estimate of drug-likeness (QED) is 0.829. The van der Waals surface area contributed by atoms with Crippen LogP contribution in [0.3, 0.4) is 0 Å². The number of benzene rings is 1. The molecule has 0 unspecified atom stereocenters. The molecule has 0 aromatic heterocycles. The zero-order chi connectivity index (χ0) is 13.9. The Hall–Kier alpha value is -0.670. The average molecular weight is 310 g/mol. The van der Waals surface area contributed by atoms with E-state index < -0.39 is 0 Å². The first-order valence-electron chi connectivity index (χ1n) is 7.38. The normalized spacial score (nSPS) is 27.8. The summed E-state index contributed by atoms with van der Waals surface area (Å²) in [6, 6.07) is 8.24. The van der Waals surface area contributed by atoms with Crippen molar-refractivity contribution in [2.45, 2.75) is 43.0 Å². The number of rotatable bonds is 5. The van der Waals surface area contributed by atoms with E-state index in [2.05, 4.69) is 5.32 Å². The fourth-order valence-corrected chi connectivity index (χ4v) is 4.47. The number of halogens is 1. The summed E-state index contributed by atoms with van der Waals surface area (Å²) in [6.45, 7) is 0. The molecular formula is C16H20ClNOS. The molecule has 1 amide bonds. The van der Waals surface area contributed by atoms with Crippen molar-refractivity contribution in [3.63, 3.8) is 0 Å². The zero-order valence-electron chi connectivity index (χ0n) is 11.5. The molecule has 1 N–H and O–H groups in total. The second-order valence-electron chi connectivity index (χ2n) is 5.90. The molecule has 20 heavy (non-hydrogen) atoms. The van der Waals surface area contributed by atoms with Crippen molar-refractivity contribution in [3.05, 3.63) is 29.3 Å². The van der Waals surface area contributed by atoms with Crippen molar-refractivity contribution in [2.75, 3.05) is 5.75 Å². The van der Waals surface area contributed by atoms with Gasteiger partial charge >= 0.3 is 0 Å². The molecule has 0 spiro atoms. The van der Waals surface area contributed by atoms with Gasteiger partial charge in [-0.15, -0.1) is 11.8 Å². The van der Waals surface area contributed by atoms with E-state index in [9.17, 15) is 4.79 Å². The predicted molar refractivity (Wildman–Crippen MR) is 84.2 cm³/mol. The molecule has 0 saturated heterocycles. The third-order valence-corrected chi connectivity index (χ3v) is 5.76. The maximum atomic E-state index is 12.0. The van der Waals surface area contributed by atoms with Crippen LogP contribution in [0.5, 0.6) is 0 Å². The lowest BCUT2D eigenvalue weighted by molar-refractivity contribution is -0.121. The summed E-state index contributed by atoms with van der Waals surface area (Å²) in [6.07, 6.45) is 5.84. The number of carbonyl (C=O) groups is 1. The van der Waals surface area contributed by atoms with Gasteiger partial charge in [0.15, 0.2) is 0 Å². The first kappa shape index (κ1) is 14.3. The number of fused-ring (bicyclic) bond motifs is 2. The first-order chi connectivity index (χ1) is 9.70. The minimum Gasteiger partial charge on any atom is -0.353 e. The molecule has 2 aliphatic rings. The van der Waals surface area contributed by atoms with Gasteiger partial charge in [0.1, 0.15) is 0 Å². The molecule has 2 aliphatic carbocycles. The van der Waals surface area contributed by atoms with Gasteiger partial charge in [-0.25, -0.2) is 0 Å². The molecule has 0 aliphatic heterocycles. The van der Waals surface area contributed by atoms with Crippen molar-refractivity contribution < 1.29 is 4.79 Å². The van der Waals surface area contributed by atoms with E-state index in [1.807, 2.05) is 24.3 Å². The van der Waals surface area contributed by atoms with Crippen LogP contribution in [0, 0.1) is 11.8 Å². The minimum atomic E-state index is 0.212. The largest absolute Gasteiger partial charge is 0.353 e. The summed E-state index contributed by atoms with van der Waals surface area (Å²) in [5, 5.41) is 3.99. The molecule has 108 valence electrons. The van der Waals surface area contributed by atoms with Gasteiger partial charge < -0.3 is 5.32 Å². The van der Waals surface area contributed by atoms with Gasteiger partial charge in [-0.3, -0.25) is 4.79 Å². The van der Waals surface area contributed by atoms with Crippen LogP contribution in [-0.2, 0) is 4.79 Å². The Labute approximate surface area is 129 Å². The van der Waals surface area contributed by atoms with E-state index in [4.69, 9.17) is 11.6 Å². The van der Waals surface area contributed by atoms with Crippen molar-refractivity contribution >= 4 is 29.3 Å². The van der Waals surface area contributed by atoms with Gasteiger partial charge in [0.25, 0.3) is 0 Å². The Balaban J connectivity index is 1.38. The van der Waals surface area contributed by atoms with Crippen LogP contribution >= 0.6 is 23.4 Å². The standard InChI is InChI=1S/C16H20ClNOS/c17-13-3-5-14(6-4-13)20-8-7-16(19)18-15-10-11-1-2-12(15)9-11/h3-6,11-12,15H,1-2,7-10H2,(H,18,19)/t11-,12+,15+/m0/s1. The highest BCUT2D eigenvalue weighted by Gasteiger charge is 2.39. The van der Waals surface area contributed by atoms with Gasteiger partial charge in [-0.1, -0.05) is 18.0 Å². The summed E-state index contributed by atoms with van der Waals surface area (Å²) < 4.78 is 0. The Morgan fingerprint density at radius 3 is 2.70 bits per heavy atom. The van der Waals surface area contributed by atoms with E-state index in [1.54, 1.807) is 11.8 Å². The van der Waals surface area contributed by atoms with Crippen molar-refractivity contribution in [1.82, 2.24) is 5.32 Å². The molecule has 3 rings (SSSR count). The van der Waals surface area contributed by atoms with E-state index in [0.717, 1.165) is 22.6 Å². The Kier molecular flexibility index (Phi) is 4.57. The average Bonchev–Trinajstić information content (AvgIpc) is 3.03. The van der Waals surface area contributed by atoms with E-state index in [1.165, 1.54) is 30.6 Å². The molecule has 1 aromatic rings. The van der Waals surface area contributed by atoms with Gasteiger partial charge in [0.2, 0.25) is 5.91 Å². The number of hydrogen-bond donors (Lipinski definition) is 1. The topological polar surface area (TPSA) is 29.1 Å². The predicted octanol–water partition coefficient (Wildman–Crippen LogP) is 4.13. The maximum Gasteiger partial charge on any atom is 0.221 e. The second kappa shape index (κ2) is 6.40. The number of amides is 1. The fraction of sp³-hybridized carbons (Fsp3) is 0.562. The molecule has 1 aromatic carbocycles. The number of nitrogens with one attached hydrogen (secondary N) is 1. The van der Waals surface area contributed by atoms with Crippen LogP contribution in [0.4, 0.5) is 0 Å². The lowest BCUT2D eigenvalue weighted by Gasteiger charge is -2.22. The zero-order valence-corrected chi connectivity index (χ0v) is 13.1. The van der Waals surface area contributed by atoms with Gasteiger partial charge in [0, 0.05) is 28.1 Å². The Morgan fingerprint density at radius 2 is 2.05 bits per heavy atom. The highest BCUT2D eigenvalue weighted by Crippen LogP contribution is 2.44. The van der Waals surface area contributed by atoms with Gasteiger partial charge in [0.05, 0.1) is 0 Å². The SMILES string of the molecule is O=C(CCSc1ccc(Cl)cc1)N[C@@H]1C[C@H]2CC[C@@H]1C2. The van der Waals surface area contributed by atoms with Crippen molar-refractivity contribution in [2.24, 2.45) is 11.8 Å². The molecule has 2 fully saturated rings. The van der Waals surface area contributed by atoms with E-state index in [-0.39, 0.29) is 5.91 Å². The monoisotopic (exact) mass is 309 g/mol. The van der Waals surface area contributed by atoms with Crippen LogP contribution in [-0.4, -0.2) is 17.7 Å². The minimum absolute atomic E-state index is 0.212. The van der Waals surface area contributed by atoms with Crippen LogP contribution in [0.15, 0.2) is 29.2 Å². The summed E-state index contributed by atoms with van der Waals surface area (Å²) in [5.41, 5.74) is 0. The molecule has 4 heteroatoms. The summed E-state index contributed by atoms with van der Waals surface area (Å²) >= 11 is 7.56. The van der Waals surface area contributed by atoms with Crippen LogP contribution in [0.2, 0.25) is 5.02 Å². The molecule has 0 heterocycles. The smallest absolute Gasteiger partial charge is 0.221 e. The number of carbonyl (C=O) groups excluding carboxylic acids is 1. The summed E-state index contributed by atoms with van der Waals surface area (Å²) in [5.74, 6) is 2.68. The Morgan fingerprint density at radius 1 is 1.25 bits per heavy atom. The lowest BCUT2D eigenvalue weighted by Crippen LogP contribution is -2.38. The lowest BCUT2D eigenvalue weighted by atomic mass is 9.95. The summed E-state index contributed by atoms with van der Waals surface area (Å²) in [7, 11) is 0. The highest BCUT2D eigenvalue weighted by atomic mass is 35.5. The fourth-order valence-electron chi connectivity index (χ4n) is 3.49. The molecule has 0 radical (unpaired) electrons. The first-order valence-corrected chi connectivity index (χ1v) is 8.75. The molecule has 2 bridgehead atoms. The number of thioether (sulfide) groups is 1. The van der Waals surface area contributed by atoms with Crippen LogP contribution in [0.1, 0.15) is 32.1 Å². The molecule has 3 atom stereocenters. The van der Waals surface area contributed by atoms with Crippen molar-refractivity contribution in [3.8, 4) is 0 Å². The summed E-state index contributed by atoms with van der Waals surface area (Å²) in [4.78, 5) is 13.1. The molecule has 2 nitrogen and oxygen atoms in total. The Bertz CT molecular complexity index is 476. The highest BCUT2D eigenvalue weighted by molar-refractivity contribution is 7.99. The maximum absolute atomic E-state index is 12.0. The van der Waals surface area contributed by atoms with E-state index in [0.29, 0.717) is 12.5 Å². The van der Waals surface area contributed by atoms with Gasteiger partial charge in [-0.05, 0) is 55.4 Å². The van der Waals surface area contributed by atoms with Gasteiger partial charge in [-0.2, -0.15) is 0 Å². The van der Waals surface area contributed by atoms with Crippen LogP contribution in [0.25, 0.3) is 0 Å². The number of hydrogen-bond acceptors (Lipinski definition) is 2. The third kappa shape index (κ3) is 3.50. The van der Waals surface area contributed by atoms with Crippen molar-refractivity contribution in [1.29, 1.82) is 0 Å². The van der Waals surface area contributed by atoms with Crippen LogP contribution < -0.4 is 5.32 Å².